The molecule has 5 heteroatoms. The van der Waals surface area contributed by atoms with Crippen LogP contribution >= 0.6 is 0 Å². The molecule has 1 fully saturated rings. The van der Waals surface area contributed by atoms with Crippen molar-refractivity contribution in [1.82, 2.24) is 5.32 Å². The summed E-state index contributed by atoms with van der Waals surface area (Å²) < 4.78 is 4.93. The quantitative estimate of drug-likeness (QED) is 0.817. The van der Waals surface area contributed by atoms with Crippen molar-refractivity contribution >= 4 is 11.9 Å². The minimum absolute atomic E-state index is 0.0818. The lowest BCUT2D eigenvalue weighted by molar-refractivity contribution is -0.127. The van der Waals surface area contributed by atoms with Gasteiger partial charge in [-0.2, -0.15) is 0 Å². The van der Waals surface area contributed by atoms with Crippen molar-refractivity contribution in [3.05, 3.63) is 35.4 Å². The van der Waals surface area contributed by atoms with Crippen molar-refractivity contribution in [3.63, 3.8) is 0 Å². The summed E-state index contributed by atoms with van der Waals surface area (Å²) in [4.78, 5) is 23.8. The van der Waals surface area contributed by atoms with Gasteiger partial charge >= 0.3 is 5.97 Å². The molecule has 0 unspecified atom stereocenters. The van der Waals surface area contributed by atoms with Crippen LogP contribution in [0.15, 0.2) is 24.3 Å². The highest BCUT2D eigenvalue weighted by Gasteiger charge is 2.34. The predicted molar refractivity (Wildman–Crippen MR) is 84.2 cm³/mol. The first-order valence-corrected chi connectivity index (χ1v) is 7.88. The third-order valence-electron chi connectivity index (χ3n) is 4.12. The van der Waals surface area contributed by atoms with Crippen molar-refractivity contribution in [1.29, 1.82) is 0 Å². The Morgan fingerprint density at radius 1 is 1.18 bits per heavy atom. The van der Waals surface area contributed by atoms with E-state index in [0.29, 0.717) is 18.7 Å². The van der Waals surface area contributed by atoms with Crippen molar-refractivity contribution in [2.75, 3.05) is 6.61 Å². The first kappa shape index (κ1) is 16.5. The average molecular weight is 304 g/mol. The van der Waals surface area contributed by atoms with E-state index in [1.807, 2.05) is 12.1 Å². The van der Waals surface area contributed by atoms with E-state index in [0.717, 1.165) is 37.7 Å². The maximum Gasteiger partial charge on any atom is 0.338 e. The van der Waals surface area contributed by atoms with E-state index in [-0.39, 0.29) is 11.9 Å². The van der Waals surface area contributed by atoms with E-state index in [2.05, 4.69) is 5.32 Å². The van der Waals surface area contributed by atoms with Crippen LogP contribution in [0.3, 0.4) is 0 Å². The maximum atomic E-state index is 12.2. The van der Waals surface area contributed by atoms with Crippen molar-refractivity contribution in [3.8, 4) is 0 Å². The number of hydrogen-bond donors (Lipinski definition) is 2. The minimum Gasteiger partial charge on any atom is -0.462 e. The Labute approximate surface area is 131 Å². The van der Waals surface area contributed by atoms with E-state index in [4.69, 9.17) is 10.5 Å². The van der Waals surface area contributed by atoms with E-state index in [1.54, 1.807) is 19.1 Å². The fourth-order valence-corrected chi connectivity index (χ4v) is 2.74. The molecule has 0 bridgehead atoms. The van der Waals surface area contributed by atoms with Gasteiger partial charge in [0, 0.05) is 6.54 Å². The van der Waals surface area contributed by atoms with Gasteiger partial charge in [-0.15, -0.1) is 0 Å². The zero-order valence-corrected chi connectivity index (χ0v) is 13.1. The molecule has 0 heterocycles. The van der Waals surface area contributed by atoms with Gasteiger partial charge < -0.3 is 15.8 Å². The van der Waals surface area contributed by atoms with Gasteiger partial charge in [-0.25, -0.2) is 4.79 Å². The average Bonchev–Trinajstić information content (AvgIpc) is 2.54. The van der Waals surface area contributed by atoms with E-state index < -0.39 is 5.54 Å². The van der Waals surface area contributed by atoms with Crippen LogP contribution in [0.1, 0.15) is 54.9 Å². The smallest absolute Gasteiger partial charge is 0.338 e. The number of rotatable bonds is 5. The lowest BCUT2D eigenvalue weighted by Gasteiger charge is -2.31. The van der Waals surface area contributed by atoms with Gasteiger partial charge in [0.1, 0.15) is 0 Å². The predicted octanol–water partition coefficient (Wildman–Crippen LogP) is 2.14. The molecule has 0 saturated heterocycles. The normalized spacial score (nSPS) is 16.8. The van der Waals surface area contributed by atoms with Crippen LogP contribution in [-0.2, 0) is 16.1 Å². The molecule has 0 aliphatic heterocycles. The van der Waals surface area contributed by atoms with Gasteiger partial charge in [0.05, 0.1) is 17.7 Å². The lowest BCUT2D eigenvalue weighted by atomic mass is 9.82. The number of esters is 1. The highest BCUT2D eigenvalue weighted by Crippen LogP contribution is 2.26. The maximum absolute atomic E-state index is 12.2. The molecular formula is C17H24N2O3. The van der Waals surface area contributed by atoms with Crippen LogP contribution in [-0.4, -0.2) is 24.0 Å². The fraction of sp³-hybridized carbons (Fsp3) is 0.529. The van der Waals surface area contributed by atoms with Crippen molar-refractivity contribution < 1.29 is 14.3 Å². The Hall–Kier alpha value is -1.88. The Balaban J connectivity index is 1.88. The third-order valence-corrected chi connectivity index (χ3v) is 4.12. The molecule has 1 amide bonds. The molecule has 0 spiro atoms. The second kappa shape index (κ2) is 7.40. The summed E-state index contributed by atoms with van der Waals surface area (Å²) >= 11 is 0. The van der Waals surface area contributed by atoms with Gasteiger partial charge in [-0.1, -0.05) is 31.4 Å². The Morgan fingerprint density at radius 3 is 2.41 bits per heavy atom. The zero-order chi connectivity index (χ0) is 16.0. The number of nitrogens with two attached hydrogens (primary N) is 1. The van der Waals surface area contributed by atoms with Crippen molar-refractivity contribution in [2.45, 2.75) is 51.1 Å². The van der Waals surface area contributed by atoms with Crippen LogP contribution in [0.25, 0.3) is 0 Å². The molecule has 0 aromatic heterocycles. The van der Waals surface area contributed by atoms with Crippen LogP contribution in [0.2, 0.25) is 0 Å². The molecule has 1 aromatic carbocycles. The van der Waals surface area contributed by atoms with Gasteiger partial charge in [-0.05, 0) is 37.5 Å². The molecule has 1 aliphatic carbocycles. The summed E-state index contributed by atoms with van der Waals surface area (Å²) in [5.41, 5.74) is 6.92. The highest BCUT2D eigenvalue weighted by atomic mass is 16.5. The lowest BCUT2D eigenvalue weighted by Crippen LogP contribution is -2.54. The van der Waals surface area contributed by atoms with Crippen molar-refractivity contribution in [2.24, 2.45) is 5.73 Å². The van der Waals surface area contributed by atoms with Crippen LogP contribution in [0, 0.1) is 0 Å². The second-order valence-corrected chi connectivity index (χ2v) is 5.82. The second-order valence-electron chi connectivity index (χ2n) is 5.82. The molecule has 5 nitrogen and oxygen atoms in total. The van der Waals surface area contributed by atoms with Crippen LogP contribution in [0.4, 0.5) is 0 Å². The summed E-state index contributed by atoms with van der Waals surface area (Å²) in [5.74, 6) is -0.414. The molecule has 0 atom stereocenters. The first-order valence-electron chi connectivity index (χ1n) is 7.88. The zero-order valence-electron chi connectivity index (χ0n) is 13.1. The summed E-state index contributed by atoms with van der Waals surface area (Å²) in [6.07, 6.45) is 4.68. The van der Waals surface area contributed by atoms with Gasteiger partial charge in [0.2, 0.25) is 5.91 Å². The Kier molecular flexibility index (Phi) is 5.55. The summed E-state index contributed by atoms with van der Waals surface area (Å²) in [6, 6.07) is 7.05. The Morgan fingerprint density at radius 2 is 1.82 bits per heavy atom. The molecule has 1 aromatic rings. The molecule has 1 aliphatic rings. The SMILES string of the molecule is CCOC(=O)c1ccc(CNC(=O)C2(N)CCCCC2)cc1. The monoisotopic (exact) mass is 304 g/mol. The topological polar surface area (TPSA) is 81.4 Å². The highest BCUT2D eigenvalue weighted by molar-refractivity contribution is 5.89. The minimum atomic E-state index is -0.719. The van der Waals surface area contributed by atoms with Gasteiger partial charge in [0.15, 0.2) is 0 Å². The molecule has 0 radical (unpaired) electrons. The molecule has 3 N–H and O–H groups in total. The number of ether oxygens (including phenoxy) is 1. The molecule has 1 saturated carbocycles. The number of nitrogens with one attached hydrogen (secondary N) is 1. The largest absolute Gasteiger partial charge is 0.462 e. The summed E-state index contributed by atoms with van der Waals surface area (Å²) in [5, 5.41) is 2.90. The molecule has 22 heavy (non-hydrogen) atoms. The van der Waals surface area contributed by atoms with E-state index >= 15 is 0 Å². The number of carbonyl (C=O) groups is 2. The molecule has 2 rings (SSSR count). The molecule has 120 valence electrons. The van der Waals surface area contributed by atoms with E-state index in [1.165, 1.54) is 0 Å². The Bertz CT molecular complexity index is 519. The number of hydrogen-bond acceptors (Lipinski definition) is 4. The van der Waals surface area contributed by atoms with E-state index in [9.17, 15) is 9.59 Å². The molecular weight excluding hydrogens is 280 g/mol. The van der Waals surface area contributed by atoms with Gasteiger partial charge in [-0.3, -0.25) is 4.79 Å². The third kappa shape index (κ3) is 4.07. The summed E-state index contributed by atoms with van der Waals surface area (Å²) in [6.45, 7) is 2.55. The summed E-state index contributed by atoms with van der Waals surface area (Å²) in [7, 11) is 0. The van der Waals surface area contributed by atoms with Gasteiger partial charge in [0.25, 0.3) is 0 Å². The fourth-order valence-electron chi connectivity index (χ4n) is 2.74. The number of benzene rings is 1. The van der Waals surface area contributed by atoms with Crippen LogP contribution in [0.5, 0.6) is 0 Å². The standard InChI is InChI=1S/C17H24N2O3/c1-2-22-15(20)14-8-6-13(7-9-14)12-19-16(21)17(18)10-4-3-5-11-17/h6-9H,2-5,10-12,18H2,1H3,(H,19,21). The number of amides is 1. The first-order chi connectivity index (χ1) is 10.5. The number of carbonyl (C=O) groups excluding carboxylic acids is 2. The van der Waals surface area contributed by atoms with Crippen LogP contribution < -0.4 is 11.1 Å².